The van der Waals surface area contributed by atoms with Gasteiger partial charge < -0.3 is 15.3 Å². The Hall–Kier alpha value is -1.96. The molecule has 0 atom stereocenters. The third-order valence-electron chi connectivity index (χ3n) is 3.01. The minimum Gasteiger partial charge on any atom is -0.476 e. The summed E-state index contributed by atoms with van der Waals surface area (Å²) in [7, 11) is 0. The molecule has 8 nitrogen and oxygen atoms in total. The molecular formula is C11H17N5O3. The lowest BCUT2D eigenvalue weighted by atomic mass is 10.4. The molecule has 2 rings (SSSR count). The number of amides is 1. The summed E-state index contributed by atoms with van der Waals surface area (Å²) in [6.07, 6.45) is 3.69. The summed E-state index contributed by atoms with van der Waals surface area (Å²) < 4.78 is 1.22. The van der Waals surface area contributed by atoms with Crippen molar-refractivity contribution in [3.8, 4) is 0 Å². The van der Waals surface area contributed by atoms with Gasteiger partial charge in [0.05, 0.1) is 6.20 Å². The maximum absolute atomic E-state index is 11.6. The Balaban J connectivity index is 1.69. The summed E-state index contributed by atoms with van der Waals surface area (Å²) in [5.41, 5.74) is -0.162. The van der Waals surface area contributed by atoms with Crippen molar-refractivity contribution in [1.82, 2.24) is 25.2 Å². The molecule has 19 heavy (non-hydrogen) atoms. The summed E-state index contributed by atoms with van der Waals surface area (Å²) >= 11 is 0. The van der Waals surface area contributed by atoms with Crippen molar-refractivity contribution in [3.63, 3.8) is 0 Å². The normalized spacial score (nSPS) is 15.6. The third kappa shape index (κ3) is 4.02. The second-order valence-electron chi connectivity index (χ2n) is 4.51. The number of hydrogen-bond acceptors (Lipinski definition) is 5. The maximum atomic E-state index is 11.6. The number of hydrogen-bond donors (Lipinski definition) is 2. The first-order chi connectivity index (χ1) is 9.15. The van der Waals surface area contributed by atoms with Crippen LogP contribution in [-0.2, 0) is 11.3 Å². The van der Waals surface area contributed by atoms with Crippen LogP contribution in [-0.4, -0.2) is 63.1 Å². The number of carboxylic acids is 1. The van der Waals surface area contributed by atoms with Crippen LogP contribution in [0.3, 0.4) is 0 Å². The number of carbonyl (C=O) groups is 2. The van der Waals surface area contributed by atoms with E-state index in [0.717, 1.165) is 19.6 Å². The number of likely N-dealkylation sites (tertiary alicyclic amines) is 1. The molecule has 1 saturated heterocycles. The molecule has 0 aromatic carbocycles. The van der Waals surface area contributed by atoms with Crippen LogP contribution >= 0.6 is 0 Å². The number of aromatic carboxylic acids is 1. The average Bonchev–Trinajstić information content (AvgIpc) is 3.00. The van der Waals surface area contributed by atoms with Crippen LogP contribution < -0.4 is 5.32 Å². The first-order valence-electron chi connectivity index (χ1n) is 6.27. The number of rotatable bonds is 6. The third-order valence-corrected chi connectivity index (χ3v) is 3.01. The molecule has 0 saturated carbocycles. The van der Waals surface area contributed by atoms with Gasteiger partial charge in [0.15, 0.2) is 5.69 Å². The molecule has 1 aliphatic heterocycles. The maximum Gasteiger partial charge on any atom is 0.358 e. The van der Waals surface area contributed by atoms with E-state index in [4.69, 9.17) is 5.11 Å². The van der Waals surface area contributed by atoms with Gasteiger partial charge in [-0.05, 0) is 25.9 Å². The summed E-state index contributed by atoms with van der Waals surface area (Å²) in [6.45, 7) is 3.63. The lowest BCUT2D eigenvalue weighted by molar-refractivity contribution is -0.121. The highest BCUT2D eigenvalue weighted by molar-refractivity contribution is 5.84. The topological polar surface area (TPSA) is 100 Å². The van der Waals surface area contributed by atoms with E-state index >= 15 is 0 Å². The van der Waals surface area contributed by atoms with Gasteiger partial charge in [-0.15, -0.1) is 5.10 Å². The predicted octanol–water partition coefficient (Wildman–Crippen LogP) is -0.812. The fraction of sp³-hybridized carbons (Fsp3) is 0.636. The molecule has 2 heterocycles. The van der Waals surface area contributed by atoms with Gasteiger partial charge in [0, 0.05) is 13.1 Å². The predicted molar refractivity (Wildman–Crippen MR) is 65.7 cm³/mol. The number of carbonyl (C=O) groups excluding carboxylic acids is 1. The smallest absolute Gasteiger partial charge is 0.358 e. The van der Waals surface area contributed by atoms with Crippen molar-refractivity contribution >= 4 is 11.9 Å². The number of nitrogens with zero attached hydrogens (tertiary/aromatic N) is 4. The van der Waals surface area contributed by atoms with Crippen LogP contribution in [0.5, 0.6) is 0 Å². The Morgan fingerprint density at radius 1 is 1.37 bits per heavy atom. The minimum absolute atomic E-state index is 0.0136. The fourth-order valence-electron chi connectivity index (χ4n) is 2.04. The van der Waals surface area contributed by atoms with E-state index in [1.165, 1.54) is 23.7 Å². The second-order valence-corrected chi connectivity index (χ2v) is 4.51. The number of nitrogens with one attached hydrogen (secondary N) is 1. The minimum atomic E-state index is -1.15. The van der Waals surface area contributed by atoms with Crippen molar-refractivity contribution in [1.29, 1.82) is 0 Å². The van der Waals surface area contributed by atoms with E-state index in [2.05, 4.69) is 20.5 Å². The summed E-state index contributed by atoms with van der Waals surface area (Å²) in [6, 6.07) is 0. The first kappa shape index (κ1) is 13.5. The lowest BCUT2D eigenvalue weighted by Crippen LogP contribution is -2.35. The Labute approximate surface area is 110 Å². The highest BCUT2D eigenvalue weighted by atomic mass is 16.4. The van der Waals surface area contributed by atoms with Crippen LogP contribution in [0.4, 0.5) is 0 Å². The lowest BCUT2D eigenvalue weighted by Gasteiger charge is -2.14. The zero-order chi connectivity index (χ0) is 13.7. The molecule has 1 aliphatic rings. The molecule has 104 valence electrons. The number of aromatic nitrogens is 3. The molecule has 1 aromatic heterocycles. The molecule has 2 N–H and O–H groups in total. The molecule has 1 amide bonds. The fourth-order valence-corrected chi connectivity index (χ4v) is 2.04. The van der Waals surface area contributed by atoms with Crippen molar-refractivity contribution in [3.05, 3.63) is 11.9 Å². The molecule has 0 aliphatic carbocycles. The summed E-state index contributed by atoms with van der Waals surface area (Å²) in [4.78, 5) is 24.5. The van der Waals surface area contributed by atoms with Gasteiger partial charge in [-0.3, -0.25) is 4.79 Å². The highest BCUT2D eigenvalue weighted by Gasteiger charge is 2.12. The van der Waals surface area contributed by atoms with Crippen LogP contribution in [0.1, 0.15) is 23.3 Å². The number of carboxylic acid groups (broad SMARTS) is 1. The molecular weight excluding hydrogens is 250 g/mol. The molecule has 1 fully saturated rings. The quantitative estimate of drug-likeness (QED) is 0.699. The molecule has 8 heteroatoms. The Morgan fingerprint density at radius 3 is 2.74 bits per heavy atom. The van der Waals surface area contributed by atoms with Crippen LogP contribution in [0.2, 0.25) is 0 Å². The van der Waals surface area contributed by atoms with Gasteiger partial charge in [0.1, 0.15) is 6.54 Å². The first-order valence-corrected chi connectivity index (χ1v) is 6.27. The van der Waals surface area contributed by atoms with Crippen LogP contribution in [0, 0.1) is 0 Å². The SMILES string of the molecule is O=C(Cn1cc(C(=O)O)nn1)NCCN1CCCC1. The molecule has 0 spiro atoms. The van der Waals surface area contributed by atoms with Crippen molar-refractivity contribution in [2.24, 2.45) is 0 Å². The van der Waals surface area contributed by atoms with E-state index in [0.29, 0.717) is 6.54 Å². The van der Waals surface area contributed by atoms with Crippen molar-refractivity contribution in [2.75, 3.05) is 26.2 Å². The van der Waals surface area contributed by atoms with Gasteiger partial charge in [-0.2, -0.15) is 0 Å². The zero-order valence-corrected chi connectivity index (χ0v) is 10.6. The van der Waals surface area contributed by atoms with E-state index in [1.807, 2.05) is 0 Å². The summed E-state index contributed by atoms with van der Waals surface area (Å²) in [5.74, 6) is -1.35. The van der Waals surface area contributed by atoms with Crippen LogP contribution in [0.25, 0.3) is 0 Å². The monoisotopic (exact) mass is 267 g/mol. The largest absolute Gasteiger partial charge is 0.476 e. The van der Waals surface area contributed by atoms with E-state index in [1.54, 1.807) is 0 Å². The molecule has 0 unspecified atom stereocenters. The van der Waals surface area contributed by atoms with Gasteiger partial charge in [0.2, 0.25) is 5.91 Å². The highest BCUT2D eigenvalue weighted by Crippen LogP contribution is 2.05. The second kappa shape index (κ2) is 6.28. The van der Waals surface area contributed by atoms with Crippen LogP contribution in [0.15, 0.2) is 6.20 Å². The van der Waals surface area contributed by atoms with Gasteiger partial charge in [-0.25, -0.2) is 9.48 Å². The standard InChI is InChI=1S/C11H17N5O3/c17-10(12-3-6-15-4-1-2-5-15)8-16-7-9(11(18)19)13-14-16/h7H,1-6,8H2,(H,12,17)(H,18,19). The van der Waals surface area contributed by atoms with E-state index < -0.39 is 5.97 Å². The van der Waals surface area contributed by atoms with Gasteiger partial charge >= 0.3 is 5.97 Å². The van der Waals surface area contributed by atoms with E-state index in [9.17, 15) is 9.59 Å². The van der Waals surface area contributed by atoms with Gasteiger partial charge in [0.25, 0.3) is 0 Å². The Morgan fingerprint density at radius 2 is 2.11 bits per heavy atom. The van der Waals surface area contributed by atoms with Crippen molar-refractivity contribution < 1.29 is 14.7 Å². The van der Waals surface area contributed by atoms with Crippen molar-refractivity contribution in [2.45, 2.75) is 19.4 Å². The average molecular weight is 267 g/mol. The molecule has 1 aromatic rings. The molecule has 0 bridgehead atoms. The zero-order valence-electron chi connectivity index (χ0n) is 10.6. The Bertz CT molecular complexity index is 453. The molecule has 0 radical (unpaired) electrons. The summed E-state index contributed by atoms with van der Waals surface area (Å²) in [5, 5.41) is 18.5. The van der Waals surface area contributed by atoms with Gasteiger partial charge in [-0.1, -0.05) is 5.21 Å². The Kier molecular flexibility index (Phi) is 4.45. The van der Waals surface area contributed by atoms with E-state index in [-0.39, 0.29) is 18.1 Å².